The number of nitrogens with zero attached hydrogens (tertiary/aromatic N) is 2. The Morgan fingerprint density at radius 3 is 2.65 bits per heavy atom. The maximum absolute atomic E-state index is 12.3. The number of alkyl halides is 1. The average molecular weight is 341 g/mol. The van der Waals surface area contributed by atoms with Crippen molar-refractivity contribution < 1.29 is 9.72 Å². The molecule has 20 heavy (non-hydrogen) atoms. The molecule has 1 aliphatic rings. The lowest BCUT2D eigenvalue weighted by Crippen LogP contribution is -2.37. The second-order valence-corrected chi connectivity index (χ2v) is 6.73. The zero-order valence-electron chi connectivity index (χ0n) is 11.5. The van der Waals surface area contributed by atoms with Crippen molar-refractivity contribution in [3.05, 3.63) is 39.4 Å². The van der Waals surface area contributed by atoms with Crippen LogP contribution in [0.2, 0.25) is 0 Å². The molecule has 1 aliphatic carbocycles. The summed E-state index contributed by atoms with van der Waals surface area (Å²) in [6.07, 6.45) is 2.15. The van der Waals surface area contributed by atoms with E-state index in [9.17, 15) is 14.9 Å². The molecule has 0 aromatic heterocycles. The number of nitro groups is 1. The Labute approximate surface area is 126 Å². The van der Waals surface area contributed by atoms with E-state index in [4.69, 9.17) is 0 Å². The van der Waals surface area contributed by atoms with Gasteiger partial charge in [-0.25, -0.2) is 0 Å². The molecule has 1 fully saturated rings. The average Bonchev–Trinajstić information content (AvgIpc) is 2.35. The van der Waals surface area contributed by atoms with Gasteiger partial charge in [-0.2, -0.15) is 0 Å². The summed E-state index contributed by atoms with van der Waals surface area (Å²) in [5, 5.41) is 10.8. The number of halogens is 1. The first-order chi connectivity index (χ1) is 9.36. The van der Waals surface area contributed by atoms with Gasteiger partial charge in [0.15, 0.2) is 0 Å². The summed E-state index contributed by atoms with van der Waals surface area (Å²) in [4.78, 5) is 24.9. The second-order valence-electron chi connectivity index (χ2n) is 5.43. The maximum atomic E-state index is 12.3. The van der Waals surface area contributed by atoms with Crippen molar-refractivity contribution >= 4 is 27.5 Å². The minimum Gasteiger partial charge on any atom is -0.341 e. The Bertz CT molecular complexity index is 541. The van der Waals surface area contributed by atoms with Crippen molar-refractivity contribution in [1.29, 1.82) is 0 Å². The number of hydrogen-bond acceptors (Lipinski definition) is 3. The monoisotopic (exact) mass is 340 g/mol. The van der Waals surface area contributed by atoms with Crippen LogP contribution >= 0.6 is 15.9 Å². The molecule has 0 atom stereocenters. The minimum atomic E-state index is -0.467. The number of carbonyl (C=O) groups is 1. The number of nitro benzene ring substituents is 1. The van der Waals surface area contributed by atoms with Crippen LogP contribution < -0.4 is 0 Å². The van der Waals surface area contributed by atoms with Gasteiger partial charge in [-0.1, -0.05) is 15.9 Å². The highest BCUT2D eigenvalue weighted by Gasteiger charge is 2.29. The molecule has 0 spiro atoms. The topological polar surface area (TPSA) is 63.5 Å². The van der Waals surface area contributed by atoms with Crippen LogP contribution in [-0.4, -0.2) is 34.2 Å². The molecule has 0 unspecified atom stereocenters. The van der Waals surface area contributed by atoms with Crippen molar-refractivity contribution in [2.45, 2.75) is 24.6 Å². The van der Waals surface area contributed by atoms with Crippen molar-refractivity contribution in [3.63, 3.8) is 0 Å². The van der Waals surface area contributed by atoms with Crippen molar-refractivity contribution in [1.82, 2.24) is 4.90 Å². The lowest BCUT2D eigenvalue weighted by molar-refractivity contribution is -0.384. The molecule has 1 aromatic carbocycles. The van der Waals surface area contributed by atoms with E-state index in [-0.39, 0.29) is 11.6 Å². The van der Waals surface area contributed by atoms with Gasteiger partial charge >= 0.3 is 0 Å². The zero-order chi connectivity index (χ0) is 14.9. The summed E-state index contributed by atoms with van der Waals surface area (Å²) in [6.45, 7) is 2.45. The van der Waals surface area contributed by atoms with Crippen LogP contribution in [0.15, 0.2) is 18.2 Å². The van der Waals surface area contributed by atoms with E-state index < -0.39 is 4.92 Å². The molecule has 5 nitrogen and oxygen atoms in total. The fourth-order valence-electron chi connectivity index (χ4n) is 2.49. The highest BCUT2D eigenvalue weighted by atomic mass is 79.9. The van der Waals surface area contributed by atoms with E-state index in [1.165, 1.54) is 12.1 Å². The predicted molar refractivity (Wildman–Crippen MR) is 80.2 cm³/mol. The SMILES string of the molecule is Cc1cc(C(=O)N(C)CC2CC(Br)C2)cc([N+](=O)[O-])c1. The van der Waals surface area contributed by atoms with Gasteiger partial charge in [0.05, 0.1) is 4.92 Å². The summed E-state index contributed by atoms with van der Waals surface area (Å²) >= 11 is 3.53. The molecule has 0 N–H and O–H groups in total. The van der Waals surface area contributed by atoms with Gasteiger partial charge in [-0.05, 0) is 37.3 Å². The zero-order valence-corrected chi connectivity index (χ0v) is 13.1. The largest absolute Gasteiger partial charge is 0.341 e. The first-order valence-electron chi connectivity index (χ1n) is 6.52. The third-order valence-corrected chi connectivity index (χ3v) is 4.32. The smallest absolute Gasteiger partial charge is 0.270 e. The lowest BCUT2D eigenvalue weighted by atomic mass is 9.85. The number of rotatable bonds is 4. The molecule has 2 rings (SSSR count). The molecular weight excluding hydrogens is 324 g/mol. The Morgan fingerprint density at radius 1 is 1.45 bits per heavy atom. The fraction of sp³-hybridized carbons (Fsp3) is 0.500. The van der Waals surface area contributed by atoms with Crippen LogP contribution in [0.25, 0.3) is 0 Å². The van der Waals surface area contributed by atoms with Crippen LogP contribution in [0.5, 0.6) is 0 Å². The number of hydrogen-bond donors (Lipinski definition) is 0. The number of carbonyl (C=O) groups excluding carboxylic acids is 1. The van der Waals surface area contributed by atoms with E-state index in [1.807, 2.05) is 0 Å². The van der Waals surface area contributed by atoms with Crippen LogP contribution in [0.4, 0.5) is 5.69 Å². The molecule has 0 heterocycles. The number of amides is 1. The van der Waals surface area contributed by atoms with Gasteiger partial charge in [0.1, 0.15) is 0 Å². The minimum absolute atomic E-state index is 0.0362. The molecule has 108 valence electrons. The lowest BCUT2D eigenvalue weighted by Gasteiger charge is -2.34. The van der Waals surface area contributed by atoms with Gasteiger partial charge < -0.3 is 4.90 Å². The van der Waals surface area contributed by atoms with Crippen LogP contribution in [0.1, 0.15) is 28.8 Å². The molecular formula is C14H17BrN2O3. The second kappa shape index (κ2) is 5.91. The Balaban J connectivity index is 2.09. The van der Waals surface area contributed by atoms with Gasteiger partial charge in [0, 0.05) is 36.1 Å². The van der Waals surface area contributed by atoms with E-state index >= 15 is 0 Å². The van der Waals surface area contributed by atoms with E-state index in [0.717, 1.165) is 18.4 Å². The molecule has 0 aliphatic heterocycles. The van der Waals surface area contributed by atoms with Gasteiger partial charge in [-0.15, -0.1) is 0 Å². The summed E-state index contributed by atoms with van der Waals surface area (Å²) in [5.41, 5.74) is 1.07. The Kier molecular flexibility index (Phi) is 4.42. The number of benzene rings is 1. The standard InChI is InChI=1S/C14H17BrN2O3/c1-9-3-11(7-13(4-9)17(19)20)14(18)16(2)8-10-5-12(15)6-10/h3-4,7,10,12H,5-6,8H2,1-2H3. The Hall–Kier alpha value is -1.43. The molecule has 0 bridgehead atoms. The van der Waals surface area contributed by atoms with Crippen molar-refractivity contribution in [3.8, 4) is 0 Å². The molecule has 6 heteroatoms. The third-order valence-electron chi connectivity index (χ3n) is 3.58. The first kappa shape index (κ1) is 15.0. The van der Waals surface area contributed by atoms with Gasteiger partial charge in [0.2, 0.25) is 0 Å². The van der Waals surface area contributed by atoms with Gasteiger partial charge in [-0.3, -0.25) is 14.9 Å². The summed E-state index contributed by atoms with van der Waals surface area (Å²) in [5.74, 6) is 0.364. The van der Waals surface area contributed by atoms with E-state index in [1.54, 1.807) is 24.9 Å². The quantitative estimate of drug-likeness (QED) is 0.480. The molecule has 0 saturated heterocycles. The van der Waals surface area contributed by atoms with Crippen LogP contribution in [0.3, 0.4) is 0 Å². The van der Waals surface area contributed by atoms with Crippen LogP contribution in [-0.2, 0) is 0 Å². The Morgan fingerprint density at radius 2 is 2.10 bits per heavy atom. The molecule has 1 saturated carbocycles. The highest BCUT2D eigenvalue weighted by Crippen LogP contribution is 2.33. The summed E-state index contributed by atoms with van der Waals surface area (Å²) < 4.78 is 0. The maximum Gasteiger partial charge on any atom is 0.270 e. The molecule has 1 aromatic rings. The summed E-state index contributed by atoms with van der Waals surface area (Å²) in [7, 11) is 1.75. The normalized spacial score (nSPS) is 21.1. The van der Waals surface area contributed by atoms with Crippen LogP contribution in [0, 0.1) is 23.0 Å². The molecule has 0 radical (unpaired) electrons. The van der Waals surface area contributed by atoms with E-state index in [2.05, 4.69) is 15.9 Å². The van der Waals surface area contributed by atoms with E-state index in [0.29, 0.717) is 22.9 Å². The fourth-order valence-corrected chi connectivity index (χ4v) is 3.54. The number of aryl methyl sites for hydroxylation is 1. The predicted octanol–water partition coefficient (Wildman–Crippen LogP) is 3.15. The van der Waals surface area contributed by atoms with Gasteiger partial charge in [0.25, 0.3) is 11.6 Å². The van der Waals surface area contributed by atoms with Crippen molar-refractivity contribution in [2.75, 3.05) is 13.6 Å². The highest BCUT2D eigenvalue weighted by molar-refractivity contribution is 9.09. The first-order valence-corrected chi connectivity index (χ1v) is 7.44. The molecule has 1 amide bonds. The third kappa shape index (κ3) is 3.36. The summed E-state index contributed by atoms with van der Waals surface area (Å²) in [6, 6.07) is 4.51. The van der Waals surface area contributed by atoms with Crippen molar-refractivity contribution in [2.24, 2.45) is 5.92 Å². The number of non-ortho nitro benzene ring substituents is 1.